The highest BCUT2D eigenvalue weighted by atomic mass is 15.2. The fourth-order valence-corrected chi connectivity index (χ4v) is 5.02. The summed E-state index contributed by atoms with van der Waals surface area (Å²) in [5.41, 5.74) is 0. The summed E-state index contributed by atoms with van der Waals surface area (Å²) < 4.78 is 0. The van der Waals surface area contributed by atoms with Gasteiger partial charge in [-0.25, -0.2) is 0 Å². The lowest BCUT2D eigenvalue weighted by atomic mass is 9.80. The Morgan fingerprint density at radius 1 is 0.789 bits per heavy atom. The molecule has 4 atom stereocenters. The maximum absolute atomic E-state index is 3.55. The molecule has 1 N–H and O–H groups in total. The van der Waals surface area contributed by atoms with E-state index in [0.29, 0.717) is 0 Å². The van der Waals surface area contributed by atoms with Crippen molar-refractivity contribution in [3.8, 4) is 0 Å². The van der Waals surface area contributed by atoms with E-state index in [-0.39, 0.29) is 0 Å². The van der Waals surface area contributed by atoms with Crippen LogP contribution in [0.25, 0.3) is 0 Å². The second-order valence-corrected chi connectivity index (χ2v) is 7.41. The van der Waals surface area contributed by atoms with E-state index in [0.717, 1.165) is 30.1 Å². The summed E-state index contributed by atoms with van der Waals surface area (Å²) in [5, 5.41) is 3.55. The highest BCUT2D eigenvalue weighted by molar-refractivity contribution is 4.97. The van der Waals surface area contributed by atoms with Crippen molar-refractivity contribution < 1.29 is 0 Å². The molecule has 1 aliphatic carbocycles. The number of nitrogens with zero attached hydrogens (tertiary/aromatic N) is 1. The molecule has 0 spiro atoms. The van der Waals surface area contributed by atoms with Crippen LogP contribution in [0.15, 0.2) is 0 Å². The Kier molecular flexibility index (Phi) is 4.48. The smallest absolute Gasteiger partial charge is 0.0116 e. The van der Waals surface area contributed by atoms with Crippen molar-refractivity contribution in [1.82, 2.24) is 10.2 Å². The van der Waals surface area contributed by atoms with Gasteiger partial charge in [-0.1, -0.05) is 26.2 Å². The van der Waals surface area contributed by atoms with Gasteiger partial charge in [0.1, 0.15) is 0 Å². The van der Waals surface area contributed by atoms with E-state index in [1.54, 1.807) is 0 Å². The number of hydrogen-bond donors (Lipinski definition) is 1. The van der Waals surface area contributed by atoms with Crippen LogP contribution < -0.4 is 5.32 Å². The molecule has 4 unspecified atom stereocenters. The van der Waals surface area contributed by atoms with Crippen molar-refractivity contribution in [1.29, 1.82) is 0 Å². The van der Waals surface area contributed by atoms with Crippen LogP contribution in [0.2, 0.25) is 0 Å². The van der Waals surface area contributed by atoms with E-state index >= 15 is 0 Å². The van der Waals surface area contributed by atoms with E-state index in [1.807, 2.05) is 0 Å². The van der Waals surface area contributed by atoms with Gasteiger partial charge in [0.15, 0.2) is 0 Å². The van der Waals surface area contributed by atoms with Gasteiger partial charge >= 0.3 is 0 Å². The van der Waals surface area contributed by atoms with Crippen LogP contribution in [0.1, 0.15) is 71.1 Å². The number of fused-ring (bicyclic) bond motifs is 2. The number of hydrogen-bond acceptors (Lipinski definition) is 2. The predicted molar refractivity (Wildman–Crippen MR) is 81.4 cm³/mol. The largest absolute Gasteiger partial charge is 0.317 e. The van der Waals surface area contributed by atoms with Gasteiger partial charge in [-0.05, 0) is 57.9 Å². The molecule has 0 aromatic rings. The van der Waals surface area contributed by atoms with Gasteiger partial charge in [-0.2, -0.15) is 0 Å². The molecule has 2 aliphatic heterocycles. The summed E-state index contributed by atoms with van der Waals surface area (Å²) in [6.07, 6.45) is 14.6. The van der Waals surface area contributed by atoms with Gasteiger partial charge < -0.3 is 5.32 Å². The molecular weight excluding hydrogens is 232 g/mol. The number of piperidine rings is 2. The topological polar surface area (TPSA) is 15.3 Å². The van der Waals surface area contributed by atoms with Crippen LogP contribution in [0.4, 0.5) is 0 Å². The number of nitrogens with one attached hydrogen (secondary N) is 1. The van der Waals surface area contributed by atoms with E-state index < -0.39 is 0 Å². The summed E-state index contributed by atoms with van der Waals surface area (Å²) in [6, 6.07) is 3.49. The van der Waals surface area contributed by atoms with Crippen LogP contribution in [-0.2, 0) is 0 Å². The van der Waals surface area contributed by atoms with Crippen molar-refractivity contribution in [2.45, 2.75) is 95.3 Å². The quantitative estimate of drug-likeness (QED) is 0.767. The fraction of sp³-hybridized carbons (Fsp3) is 1.00. The second-order valence-electron chi connectivity index (χ2n) is 7.41. The second kappa shape index (κ2) is 6.13. The minimum absolute atomic E-state index is 0.788. The maximum atomic E-state index is 3.55. The Morgan fingerprint density at radius 3 is 2.11 bits per heavy atom. The van der Waals surface area contributed by atoms with Crippen LogP contribution >= 0.6 is 0 Å². The first-order valence-electron chi connectivity index (χ1n) is 8.72. The molecule has 3 rings (SSSR count). The van der Waals surface area contributed by atoms with E-state index in [2.05, 4.69) is 24.2 Å². The molecule has 2 heterocycles. The molecule has 3 aliphatic rings. The summed E-state index contributed by atoms with van der Waals surface area (Å²) in [7, 11) is 2.16. The zero-order valence-electron chi connectivity index (χ0n) is 12.9. The minimum Gasteiger partial charge on any atom is -0.317 e. The van der Waals surface area contributed by atoms with Crippen molar-refractivity contribution in [3.63, 3.8) is 0 Å². The van der Waals surface area contributed by atoms with Gasteiger partial charge in [0, 0.05) is 24.2 Å². The first-order valence-corrected chi connectivity index (χ1v) is 8.72. The lowest BCUT2D eigenvalue weighted by Gasteiger charge is -2.52. The SMILES string of the molecule is CNC1CC2CCCC(C1)N2C1CCCC(C)CC1. The molecular formula is C17H32N2. The summed E-state index contributed by atoms with van der Waals surface area (Å²) in [4.78, 5) is 3.00. The standard InChI is InChI=1S/C17H32N2/c1-13-5-3-6-15(10-9-13)19-16-7-4-8-17(19)12-14(11-16)18-2/h13-18H,3-12H2,1-2H3. The monoisotopic (exact) mass is 264 g/mol. The summed E-state index contributed by atoms with van der Waals surface area (Å²) in [6.45, 7) is 2.45. The predicted octanol–water partition coefficient (Wildman–Crippen LogP) is 3.56. The third-order valence-electron chi connectivity index (χ3n) is 6.09. The Bertz CT molecular complexity index is 277. The molecule has 0 amide bonds. The fourth-order valence-electron chi connectivity index (χ4n) is 5.02. The molecule has 2 bridgehead atoms. The average Bonchev–Trinajstić information content (AvgIpc) is 2.62. The zero-order valence-corrected chi connectivity index (χ0v) is 12.9. The summed E-state index contributed by atoms with van der Waals surface area (Å²) >= 11 is 0. The molecule has 0 aromatic carbocycles. The molecule has 2 heteroatoms. The Morgan fingerprint density at radius 2 is 1.42 bits per heavy atom. The normalized spacial score (nSPS) is 44.8. The molecule has 110 valence electrons. The first-order chi connectivity index (χ1) is 9.28. The van der Waals surface area contributed by atoms with E-state index in [1.165, 1.54) is 64.2 Å². The van der Waals surface area contributed by atoms with Gasteiger partial charge in [0.25, 0.3) is 0 Å². The Balaban J connectivity index is 1.69. The van der Waals surface area contributed by atoms with E-state index in [9.17, 15) is 0 Å². The van der Waals surface area contributed by atoms with Crippen LogP contribution in [0.3, 0.4) is 0 Å². The Hall–Kier alpha value is -0.0800. The lowest BCUT2D eigenvalue weighted by Crippen LogP contribution is -2.59. The van der Waals surface area contributed by atoms with Crippen molar-refractivity contribution in [2.24, 2.45) is 5.92 Å². The van der Waals surface area contributed by atoms with Crippen LogP contribution in [0.5, 0.6) is 0 Å². The highest BCUT2D eigenvalue weighted by Crippen LogP contribution is 2.39. The summed E-state index contributed by atoms with van der Waals surface area (Å²) in [5.74, 6) is 0.972. The Labute approximate surface area is 119 Å². The van der Waals surface area contributed by atoms with E-state index in [4.69, 9.17) is 0 Å². The average molecular weight is 264 g/mol. The van der Waals surface area contributed by atoms with Crippen molar-refractivity contribution >= 4 is 0 Å². The molecule has 1 saturated carbocycles. The van der Waals surface area contributed by atoms with Crippen molar-refractivity contribution in [3.05, 3.63) is 0 Å². The minimum atomic E-state index is 0.788. The molecule has 3 fully saturated rings. The van der Waals surface area contributed by atoms with Gasteiger partial charge in [-0.15, -0.1) is 0 Å². The molecule has 2 nitrogen and oxygen atoms in total. The molecule has 0 aromatic heterocycles. The van der Waals surface area contributed by atoms with Crippen LogP contribution in [-0.4, -0.2) is 36.1 Å². The van der Waals surface area contributed by atoms with Gasteiger partial charge in [0.2, 0.25) is 0 Å². The number of rotatable bonds is 2. The van der Waals surface area contributed by atoms with Crippen molar-refractivity contribution in [2.75, 3.05) is 7.05 Å². The van der Waals surface area contributed by atoms with Crippen LogP contribution in [0, 0.1) is 5.92 Å². The van der Waals surface area contributed by atoms with Gasteiger partial charge in [0.05, 0.1) is 0 Å². The zero-order chi connectivity index (χ0) is 13.2. The molecule has 2 saturated heterocycles. The third kappa shape index (κ3) is 3.00. The van der Waals surface area contributed by atoms with Gasteiger partial charge in [-0.3, -0.25) is 4.90 Å². The first kappa shape index (κ1) is 13.9. The third-order valence-corrected chi connectivity index (χ3v) is 6.09. The molecule has 0 radical (unpaired) electrons. The lowest BCUT2D eigenvalue weighted by molar-refractivity contribution is -0.0147. The molecule has 19 heavy (non-hydrogen) atoms. The maximum Gasteiger partial charge on any atom is 0.0116 e. The highest BCUT2D eigenvalue weighted by Gasteiger charge is 2.41.